The second-order valence-corrected chi connectivity index (χ2v) is 4.80. The lowest BCUT2D eigenvalue weighted by Gasteiger charge is -2.30. The third-order valence-electron chi connectivity index (χ3n) is 2.90. The third kappa shape index (κ3) is 3.10. The molecule has 92 valence electrons. The van der Waals surface area contributed by atoms with Gasteiger partial charge in [0.2, 0.25) is 0 Å². The van der Waals surface area contributed by atoms with Crippen LogP contribution in [-0.4, -0.2) is 46.0 Å². The smallest absolute Gasteiger partial charge is 0.155 e. The molecule has 1 aromatic heterocycles. The van der Waals surface area contributed by atoms with Gasteiger partial charge in [0.05, 0.1) is 0 Å². The molecule has 1 fully saturated rings. The van der Waals surface area contributed by atoms with Gasteiger partial charge >= 0.3 is 0 Å². The maximum atomic E-state index is 5.63. The van der Waals surface area contributed by atoms with E-state index in [2.05, 4.69) is 27.2 Å². The van der Waals surface area contributed by atoms with Crippen molar-refractivity contribution in [3.05, 3.63) is 18.1 Å². The van der Waals surface area contributed by atoms with Crippen LogP contribution in [0.25, 0.3) is 0 Å². The molecule has 1 unspecified atom stereocenters. The Hall–Kier alpha value is -1.27. The molecule has 2 rings (SSSR count). The zero-order chi connectivity index (χ0) is 12.3. The van der Waals surface area contributed by atoms with Crippen molar-refractivity contribution in [2.45, 2.75) is 18.9 Å². The third-order valence-corrected chi connectivity index (χ3v) is 3.09. The molecule has 5 nitrogen and oxygen atoms in total. The zero-order valence-corrected chi connectivity index (χ0v) is 10.7. The molecule has 2 heterocycles. The molecular formula is C11H17N5S. The number of likely N-dealkylation sites (N-methyl/N-ethyl adjacent to an activating group) is 1. The van der Waals surface area contributed by atoms with E-state index in [0.29, 0.717) is 17.6 Å². The van der Waals surface area contributed by atoms with Crippen molar-refractivity contribution in [2.75, 3.05) is 25.5 Å². The van der Waals surface area contributed by atoms with E-state index in [0.717, 1.165) is 19.5 Å². The van der Waals surface area contributed by atoms with E-state index < -0.39 is 0 Å². The molecule has 3 N–H and O–H groups in total. The van der Waals surface area contributed by atoms with Crippen LogP contribution in [0.15, 0.2) is 12.4 Å². The molecular weight excluding hydrogens is 234 g/mol. The number of aromatic nitrogens is 2. The van der Waals surface area contributed by atoms with Crippen LogP contribution in [0.4, 0.5) is 5.82 Å². The van der Waals surface area contributed by atoms with E-state index in [9.17, 15) is 0 Å². The molecule has 1 saturated heterocycles. The van der Waals surface area contributed by atoms with Gasteiger partial charge < -0.3 is 16.0 Å². The summed E-state index contributed by atoms with van der Waals surface area (Å²) in [6.07, 6.45) is 5.58. The monoisotopic (exact) mass is 251 g/mol. The van der Waals surface area contributed by atoms with Crippen LogP contribution in [-0.2, 0) is 0 Å². The van der Waals surface area contributed by atoms with Gasteiger partial charge in [-0.25, -0.2) is 9.97 Å². The molecule has 0 saturated carbocycles. The average Bonchev–Trinajstić information content (AvgIpc) is 2.29. The Bertz CT molecular complexity index is 409. The molecule has 0 amide bonds. The van der Waals surface area contributed by atoms with E-state index in [-0.39, 0.29) is 4.99 Å². The fraction of sp³-hybridized carbons (Fsp3) is 0.545. The molecule has 0 aromatic carbocycles. The first-order valence-corrected chi connectivity index (χ1v) is 6.13. The van der Waals surface area contributed by atoms with Crippen molar-refractivity contribution < 1.29 is 0 Å². The van der Waals surface area contributed by atoms with E-state index >= 15 is 0 Å². The summed E-state index contributed by atoms with van der Waals surface area (Å²) in [5.41, 5.74) is 6.20. The molecule has 17 heavy (non-hydrogen) atoms. The first kappa shape index (κ1) is 12.2. The van der Waals surface area contributed by atoms with Crippen LogP contribution in [0, 0.1) is 0 Å². The van der Waals surface area contributed by atoms with E-state index in [4.69, 9.17) is 18.0 Å². The molecule has 0 aliphatic carbocycles. The van der Waals surface area contributed by atoms with E-state index in [1.807, 2.05) is 0 Å². The second kappa shape index (κ2) is 5.37. The SMILES string of the molecule is CN1CCCC(Nc2nccnc2C(N)=S)C1. The van der Waals surface area contributed by atoms with Gasteiger partial charge in [-0.05, 0) is 26.4 Å². The Labute approximate surface area is 106 Å². The summed E-state index contributed by atoms with van der Waals surface area (Å²) >= 11 is 4.97. The number of piperidine rings is 1. The number of nitrogens with two attached hydrogens (primary N) is 1. The van der Waals surface area contributed by atoms with Gasteiger partial charge in [0, 0.05) is 25.0 Å². The van der Waals surface area contributed by atoms with Crippen LogP contribution in [0.1, 0.15) is 18.5 Å². The molecule has 0 radical (unpaired) electrons. The van der Waals surface area contributed by atoms with Crippen LogP contribution in [0.5, 0.6) is 0 Å². The Morgan fingerprint density at radius 2 is 2.29 bits per heavy atom. The standard InChI is InChI=1S/C11H17N5S/c1-16-6-2-3-8(7-16)15-11-9(10(12)17)13-4-5-14-11/h4-5,8H,2-3,6-7H2,1H3,(H2,12,17)(H,14,15). The first-order valence-electron chi connectivity index (χ1n) is 5.72. The van der Waals surface area contributed by atoms with Crippen molar-refractivity contribution in [3.63, 3.8) is 0 Å². The largest absolute Gasteiger partial charge is 0.388 e. The van der Waals surface area contributed by atoms with Gasteiger partial charge in [0.15, 0.2) is 5.82 Å². The van der Waals surface area contributed by atoms with E-state index in [1.54, 1.807) is 12.4 Å². The minimum atomic E-state index is 0.282. The Kier molecular flexibility index (Phi) is 3.86. The molecule has 0 bridgehead atoms. The van der Waals surface area contributed by atoms with Crippen molar-refractivity contribution in [1.82, 2.24) is 14.9 Å². The summed E-state index contributed by atoms with van der Waals surface area (Å²) in [5, 5.41) is 3.38. The summed E-state index contributed by atoms with van der Waals surface area (Å²) in [6, 6.07) is 0.388. The van der Waals surface area contributed by atoms with Crippen molar-refractivity contribution in [2.24, 2.45) is 5.73 Å². The van der Waals surface area contributed by atoms with Gasteiger partial charge in [-0.1, -0.05) is 12.2 Å². The van der Waals surface area contributed by atoms with Crippen molar-refractivity contribution in [1.29, 1.82) is 0 Å². The number of rotatable bonds is 3. The van der Waals surface area contributed by atoms with Crippen molar-refractivity contribution >= 4 is 23.0 Å². The number of anilines is 1. The molecule has 6 heteroatoms. The van der Waals surface area contributed by atoms with Crippen LogP contribution < -0.4 is 11.1 Å². The van der Waals surface area contributed by atoms with Gasteiger partial charge in [-0.3, -0.25) is 0 Å². The minimum Gasteiger partial charge on any atom is -0.388 e. The predicted octanol–water partition coefficient (Wildman–Crippen LogP) is 0.617. The number of nitrogens with zero attached hydrogens (tertiary/aromatic N) is 3. The van der Waals surface area contributed by atoms with Crippen molar-refractivity contribution in [3.8, 4) is 0 Å². The predicted molar refractivity (Wildman–Crippen MR) is 72.1 cm³/mol. The number of nitrogens with one attached hydrogen (secondary N) is 1. The topological polar surface area (TPSA) is 67.1 Å². The highest BCUT2D eigenvalue weighted by molar-refractivity contribution is 7.80. The minimum absolute atomic E-state index is 0.282. The van der Waals surface area contributed by atoms with Crippen LogP contribution in [0.2, 0.25) is 0 Å². The Balaban J connectivity index is 2.10. The average molecular weight is 251 g/mol. The normalized spacial score (nSPS) is 21.1. The maximum Gasteiger partial charge on any atom is 0.155 e. The van der Waals surface area contributed by atoms with Gasteiger partial charge in [-0.2, -0.15) is 0 Å². The summed E-state index contributed by atoms with van der Waals surface area (Å²) in [5.74, 6) is 0.695. The lowest BCUT2D eigenvalue weighted by atomic mass is 10.1. The van der Waals surface area contributed by atoms with Gasteiger partial charge in [0.25, 0.3) is 0 Å². The number of hydrogen-bond acceptors (Lipinski definition) is 5. The highest BCUT2D eigenvalue weighted by atomic mass is 32.1. The molecule has 1 aliphatic heterocycles. The van der Waals surface area contributed by atoms with Crippen LogP contribution in [0.3, 0.4) is 0 Å². The lowest BCUT2D eigenvalue weighted by Crippen LogP contribution is -2.40. The number of thiocarbonyl (C=S) groups is 1. The van der Waals surface area contributed by atoms with Crippen LogP contribution >= 0.6 is 12.2 Å². The molecule has 0 spiro atoms. The summed E-state index contributed by atoms with van der Waals surface area (Å²) in [6.45, 7) is 2.16. The molecule has 1 aliphatic rings. The quantitative estimate of drug-likeness (QED) is 0.768. The summed E-state index contributed by atoms with van der Waals surface area (Å²) in [4.78, 5) is 11.0. The second-order valence-electron chi connectivity index (χ2n) is 4.36. The Morgan fingerprint density at radius 1 is 1.53 bits per heavy atom. The summed E-state index contributed by atoms with van der Waals surface area (Å²) < 4.78 is 0. The fourth-order valence-corrected chi connectivity index (χ4v) is 2.25. The Morgan fingerprint density at radius 3 is 3.00 bits per heavy atom. The van der Waals surface area contributed by atoms with Gasteiger partial charge in [-0.15, -0.1) is 0 Å². The number of hydrogen-bond donors (Lipinski definition) is 2. The highest BCUT2D eigenvalue weighted by Crippen LogP contribution is 2.15. The lowest BCUT2D eigenvalue weighted by molar-refractivity contribution is 0.260. The maximum absolute atomic E-state index is 5.63. The fourth-order valence-electron chi connectivity index (χ4n) is 2.10. The summed E-state index contributed by atoms with van der Waals surface area (Å²) in [7, 11) is 2.12. The molecule has 1 atom stereocenters. The first-order chi connectivity index (χ1) is 8.16. The highest BCUT2D eigenvalue weighted by Gasteiger charge is 2.19. The zero-order valence-electron chi connectivity index (χ0n) is 9.89. The van der Waals surface area contributed by atoms with Gasteiger partial charge in [0.1, 0.15) is 10.7 Å². The van der Waals surface area contributed by atoms with E-state index in [1.165, 1.54) is 6.42 Å². The molecule has 1 aromatic rings. The number of likely N-dealkylation sites (tertiary alicyclic amines) is 1.